The van der Waals surface area contributed by atoms with Crippen LogP contribution in [-0.2, 0) is 21.6 Å². The Morgan fingerprint density at radius 3 is 2.17 bits per heavy atom. The summed E-state index contributed by atoms with van der Waals surface area (Å²) in [7, 11) is 2.98. The van der Waals surface area contributed by atoms with Crippen LogP contribution in [0, 0.1) is 20.2 Å². The van der Waals surface area contributed by atoms with Gasteiger partial charge in [-0.3, -0.25) is 25.0 Å². The van der Waals surface area contributed by atoms with E-state index in [0.29, 0.717) is 22.6 Å². The minimum atomic E-state index is -1.13. The number of methoxy groups -OCH3 is 2. The third-order valence-electron chi connectivity index (χ3n) is 5.80. The molecule has 0 aromatic heterocycles. The highest BCUT2D eigenvalue weighted by Crippen LogP contribution is 2.40. The fourth-order valence-electron chi connectivity index (χ4n) is 3.92. The number of alkyl carbamates (subject to hydrolysis) is 1. The monoisotopic (exact) mass is 502 g/mol. The van der Waals surface area contributed by atoms with Crippen molar-refractivity contribution in [3.63, 3.8) is 0 Å². The van der Waals surface area contributed by atoms with Crippen molar-refractivity contribution in [3.05, 3.63) is 61.7 Å². The summed E-state index contributed by atoms with van der Waals surface area (Å²) < 4.78 is 16.1. The number of carbonyl (C=O) groups is 2. The minimum absolute atomic E-state index is 0.0126. The molecule has 2 aromatic rings. The normalized spacial score (nSPS) is 13.4. The molecule has 1 N–H and O–H groups in total. The summed E-state index contributed by atoms with van der Waals surface area (Å²) in [6, 6.07) is 5.97. The molecule has 0 spiro atoms. The van der Waals surface area contributed by atoms with Crippen LogP contribution in [0.5, 0.6) is 11.5 Å². The molecule has 0 fully saturated rings. The van der Waals surface area contributed by atoms with Gasteiger partial charge in [0.05, 0.1) is 30.1 Å². The number of hydrogen-bond donors (Lipinski definition) is 1. The van der Waals surface area contributed by atoms with Crippen LogP contribution in [-0.4, -0.2) is 48.7 Å². The van der Waals surface area contributed by atoms with Crippen LogP contribution in [0.2, 0.25) is 0 Å². The van der Waals surface area contributed by atoms with E-state index in [0.717, 1.165) is 11.0 Å². The molecule has 0 aliphatic carbocycles. The standard InChI is InChI=1S/C23H26N4O9/c1-13(24-22(29)36-23(2,3)15-9-17(34-4)12-18(10-15)35-5)21(28)25-7-6-14-8-16(26(30)31)11-19(20(14)25)27(32)33/h8-13H,6-7H2,1-5H3,(H,24,29)/t13-/m0/s1. The number of hydrogen-bond acceptors (Lipinski definition) is 9. The van der Waals surface area contributed by atoms with E-state index in [-0.39, 0.29) is 18.7 Å². The minimum Gasteiger partial charge on any atom is -0.497 e. The molecule has 0 bridgehead atoms. The Kier molecular flexibility index (Phi) is 7.32. The van der Waals surface area contributed by atoms with E-state index in [1.807, 2.05) is 0 Å². The van der Waals surface area contributed by atoms with Crippen molar-refractivity contribution in [3.8, 4) is 11.5 Å². The summed E-state index contributed by atoms with van der Waals surface area (Å²) >= 11 is 0. The van der Waals surface area contributed by atoms with Gasteiger partial charge >= 0.3 is 6.09 Å². The summed E-state index contributed by atoms with van der Waals surface area (Å²) in [5.74, 6) is 0.377. The fourth-order valence-corrected chi connectivity index (χ4v) is 3.92. The smallest absolute Gasteiger partial charge is 0.408 e. The van der Waals surface area contributed by atoms with Gasteiger partial charge in [0.2, 0.25) is 5.91 Å². The van der Waals surface area contributed by atoms with Gasteiger partial charge in [-0.25, -0.2) is 4.79 Å². The zero-order valence-corrected chi connectivity index (χ0v) is 20.4. The maximum atomic E-state index is 13.1. The van der Waals surface area contributed by atoms with Crippen molar-refractivity contribution in [2.75, 3.05) is 25.7 Å². The molecule has 13 heteroatoms. The second-order valence-corrected chi connectivity index (χ2v) is 8.59. The third-order valence-corrected chi connectivity index (χ3v) is 5.80. The first-order valence-corrected chi connectivity index (χ1v) is 10.9. The summed E-state index contributed by atoms with van der Waals surface area (Å²) in [6.07, 6.45) is -0.689. The first-order chi connectivity index (χ1) is 16.9. The molecule has 1 aliphatic rings. The van der Waals surface area contributed by atoms with E-state index in [1.54, 1.807) is 32.0 Å². The number of nitrogens with zero attached hydrogens (tertiary/aromatic N) is 3. The van der Waals surface area contributed by atoms with Crippen molar-refractivity contribution in [1.29, 1.82) is 0 Å². The number of amides is 2. The molecule has 0 unspecified atom stereocenters. The maximum absolute atomic E-state index is 13.1. The number of non-ortho nitro benzene ring substituents is 1. The molecule has 36 heavy (non-hydrogen) atoms. The molecule has 0 saturated carbocycles. The molecule has 3 rings (SSSR count). The van der Waals surface area contributed by atoms with Crippen molar-refractivity contribution in [2.24, 2.45) is 0 Å². The van der Waals surface area contributed by atoms with E-state index in [9.17, 15) is 29.8 Å². The van der Waals surface area contributed by atoms with Crippen molar-refractivity contribution >= 4 is 29.1 Å². The SMILES string of the molecule is COc1cc(OC)cc(C(C)(C)OC(=O)N[C@@H](C)C(=O)N2CCc3cc([N+](=O)[O-])cc([N+](=O)[O-])c32)c1. The average Bonchev–Trinajstić information content (AvgIpc) is 3.25. The quantitative estimate of drug-likeness (QED) is 0.420. The molecule has 0 radical (unpaired) electrons. The van der Waals surface area contributed by atoms with Crippen LogP contribution in [0.3, 0.4) is 0 Å². The van der Waals surface area contributed by atoms with Gasteiger partial charge in [-0.15, -0.1) is 0 Å². The topological polar surface area (TPSA) is 163 Å². The van der Waals surface area contributed by atoms with E-state index >= 15 is 0 Å². The number of fused-ring (bicyclic) bond motifs is 1. The molecule has 1 heterocycles. The van der Waals surface area contributed by atoms with Crippen molar-refractivity contribution in [1.82, 2.24) is 5.32 Å². The molecular formula is C23H26N4O9. The molecule has 1 aliphatic heterocycles. The van der Waals surface area contributed by atoms with Gasteiger partial charge in [0, 0.05) is 24.2 Å². The Hall–Kier alpha value is -4.42. The number of nitrogens with one attached hydrogen (secondary N) is 1. The van der Waals surface area contributed by atoms with Gasteiger partial charge in [-0.05, 0) is 44.9 Å². The first-order valence-electron chi connectivity index (χ1n) is 10.9. The van der Waals surface area contributed by atoms with Gasteiger partial charge in [0.25, 0.3) is 11.4 Å². The first kappa shape index (κ1) is 26.2. The Morgan fingerprint density at radius 2 is 1.64 bits per heavy atom. The zero-order valence-electron chi connectivity index (χ0n) is 20.4. The lowest BCUT2D eigenvalue weighted by molar-refractivity contribution is -0.393. The van der Waals surface area contributed by atoms with E-state index in [2.05, 4.69) is 5.32 Å². The lowest BCUT2D eigenvalue weighted by Gasteiger charge is -2.28. The number of nitro groups is 2. The fraction of sp³-hybridized carbons (Fsp3) is 0.391. The molecule has 2 amide bonds. The van der Waals surface area contributed by atoms with Gasteiger partial charge in [-0.2, -0.15) is 0 Å². The second kappa shape index (κ2) is 10.1. The number of rotatable bonds is 8. The Labute approximate surface area is 206 Å². The molecular weight excluding hydrogens is 476 g/mol. The van der Waals surface area contributed by atoms with E-state index < -0.39 is 44.9 Å². The van der Waals surface area contributed by atoms with Gasteiger partial charge in [0.15, 0.2) is 0 Å². The molecule has 13 nitrogen and oxygen atoms in total. The lowest BCUT2D eigenvalue weighted by atomic mass is 9.97. The van der Waals surface area contributed by atoms with Crippen LogP contribution in [0.25, 0.3) is 0 Å². The largest absolute Gasteiger partial charge is 0.497 e. The number of anilines is 1. The Balaban J connectivity index is 1.77. The summed E-state index contributed by atoms with van der Waals surface area (Å²) in [4.78, 5) is 48.1. The van der Waals surface area contributed by atoms with Gasteiger partial charge < -0.3 is 24.4 Å². The summed E-state index contributed by atoms with van der Waals surface area (Å²) in [5.41, 5.74) is -1.23. The highest BCUT2D eigenvalue weighted by atomic mass is 16.6. The number of carbonyl (C=O) groups excluding carboxylic acids is 2. The molecule has 0 saturated heterocycles. The highest BCUT2D eigenvalue weighted by molar-refractivity contribution is 6.02. The third kappa shape index (κ3) is 5.29. The molecule has 1 atom stereocenters. The van der Waals surface area contributed by atoms with Gasteiger partial charge in [0.1, 0.15) is 28.8 Å². The van der Waals surface area contributed by atoms with E-state index in [4.69, 9.17) is 14.2 Å². The summed E-state index contributed by atoms with van der Waals surface area (Å²) in [5, 5.41) is 25.2. The Morgan fingerprint density at radius 1 is 1.03 bits per heavy atom. The highest BCUT2D eigenvalue weighted by Gasteiger charge is 2.37. The lowest BCUT2D eigenvalue weighted by Crippen LogP contribution is -2.48. The van der Waals surface area contributed by atoms with Crippen LogP contribution in [0.1, 0.15) is 31.9 Å². The second-order valence-electron chi connectivity index (χ2n) is 8.59. The van der Waals surface area contributed by atoms with Crippen LogP contribution >= 0.6 is 0 Å². The van der Waals surface area contributed by atoms with Gasteiger partial charge in [-0.1, -0.05) is 0 Å². The predicted octanol–water partition coefficient (Wildman–Crippen LogP) is 3.46. The summed E-state index contributed by atoms with van der Waals surface area (Å²) in [6.45, 7) is 4.80. The average molecular weight is 502 g/mol. The predicted molar refractivity (Wildman–Crippen MR) is 127 cm³/mol. The van der Waals surface area contributed by atoms with Crippen molar-refractivity contribution < 1.29 is 33.6 Å². The number of benzene rings is 2. The molecule has 192 valence electrons. The maximum Gasteiger partial charge on any atom is 0.408 e. The molecule has 2 aromatic carbocycles. The number of nitro benzene ring substituents is 2. The van der Waals surface area contributed by atoms with Crippen LogP contribution < -0.4 is 19.7 Å². The van der Waals surface area contributed by atoms with Crippen molar-refractivity contribution in [2.45, 2.75) is 38.8 Å². The van der Waals surface area contributed by atoms with Crippen LogP contribution in [0.4, 0.5) is 21.9 Å². The van der Waals surface area contributed by atoms with Crippen LogP contribution in [0.15, 0.2) is 30.3 Å². The zero-order chi connectivity index (χ0) is 26.8. The van der Waals surface area contributed by atoms with E-state index in [1.165, 1.54) is 27.2 Å². The Bertz CT molecular complexity index is 1210. The number of ether oxygens (including phenoxy) is 3.